The monoisotopic (exact) mass is 216 g/mol. The molecule has 0 aromatic carbocycles. The first-order chi connectivity index (χ1) is 7.79. The van der Waals surface area contributed by atoms with E-state index in [0.29, 0.717) is 0 Å². The minimum absolute atomic E-state index is 0.732. The molecule has 1 aromatic rings. The summed E-state index contributed by atoms with van der Waals surface area (Å²) >= 11 is 0. The summed E-state index contributed by atoms with van der Waals surface area (Å²) in [7, 11) is 2.14. The molecule has 0 amide bonds. The van der Waals surface area contributed by atoms with Crippen molar-refractivity contribution in [2.24, 2.45) is 0 Å². The van der Waals surface area contributed by atoms with Gasteiger partial charge in [-0.2, -0.15) is 0 Å². The van der Waals surface area contributed by atoms with Crippen molar-refractivity contribution in [3.63, 3.8) is 0 Å². The normalized spacial score (nSPS) is 17.9. The highest BCUT2D eigenvalue weighted by Crippen LogP contribution is 2.10. The zero-order valence-electron chi connectivity index (χ0n) is 9.56. The molecule has 1 aliphatic heterocycles. The molecular formula is C12H16N4. The quantitative estimate of drug-likeness (QED) is 0.643. The van der Waals surface area contributed by atoms with Crippen LogP contribution in [0.2, 0.25) is 0 Å². The average molecular weight is 216 g/mol. The van der Waals surface area contributed by atoms with Gasteiger partial charge < -0.3 is 9.80 Å². The third kappa shape index (κ3) is 2.50. The van der Waals surface area contributed by atoms with Crippen LogP contribution in [0.5, 0.6) is 0 Å². The standard InChI is InChI=1S/C12H16N4/c1-3-11-9-13-12(14-10-11)16-6-4-5-15(2)7-8-16/h1,9-10H,4-8H2,2H3. The number of rotatable bonds is 1. The first-order valence-corrected chi connectivity index (χ1v) is 5.52. The Morgan fingerprint density at radius 3 is 2.62 bits per heavy atom. The van der Waals surface area contributed by atoms with Gasteiger partial charge in [0.05, 0.1) is 5.56 Å². The largest absolute Gasteiger partial charge is 0.339 e. The van der Waals surface area contributed by atoms with Gasteiger partial charge in [-0.1, -0.05) is 5.92 Å². The SMILES string of the molecule is C#Cc1cnc(N2CCCN(C)CC2)nc1. The van der Waals surface area contributed by atoms with Gasteiger partial charge in [-0.15, -0.1) is 6.42 Å². The van der Waals surface area contributed by atoms with E-state index in [1.165, 1.54) is 0 Å². The maximum atomic E-state index is 5.27. The van der Waals surface area contributed by atoms with Gasteiger partial charge in [-0.25, -0.2) is 9.97 Å². The number of terminal acetylenes is 1. The molecule has 4 heteroatoms. The summed E-state index contributed by atoms with van der Waals surface area (Å²) < 4.78 is 0. The fraction of sp³-hybridized carbons (Fsp3) is 0.500. The number of likely N-dealkylation sites (N-methyl/N-ethyl adjacent to an activating group) is 1. The lowest BCUT2D eigenvalue weighted by Gasteiger charge is -2.19. The van der Waals surface area contributed by atoms with Gasteiger partial charge >= 0.3 is 0 Å². The highest BCUT2D eigenvalue weighted by atomic mass is 15.3. The molecule has 0 spiro atoms. The van der Waals surface area contributed by atoms with Gasteiger partial charge in [0.2, 0.25) is 5.95 Å². The van der Waals surface area contributed by atoms with E-state index in [2.05, 4.69) is 32.7 Å². The molecule has 1 saturated heterocycles. The van der Waals surface area contributed by atoms with Gasteiger partial charge in [0, 0.05) is 32.0 Å². The maximum absolute atomic E-state index is 5.27. The van der Waals surface area contributed by atoms with Crippen LogP contribution in [0.4, 0.5) is 5.95 Å². The zero-order valence-corrected chi connectivity index (χ0v) is 9.56. The van der Waals surface area contributed by atoms with E-state index in [-0.39, 0.29) is 0 Å². The molecule has 4 nitrogen and oxygen atoms in total. The van der Waals surface area contributed by atoms with Gasteiger partial charge in [0.1, 0.15) is 0 Å². The number of aromatic nitrogens is 2. The summed E-state index contributed by atoms with van der Waals surface area (Å²) in [5, 5.41) is 0. The van der Waals surface area contributed by atoms with Gasteiger partial charge in [0.25, 0.3) is 0 Å². The van der Waals surface area contributed by atoms with E-state index in [1.54, 1.807) is 12.4 Å². The first-order valence-electron chi connectivity index (χ1n) is 5.52. The number of nitrogens with zero attached hydrogens (tertiary/aromatic N) is 4. The van der Waals surface area contributed by atoms with Crippen molar-refractivity contribution < 1.29 is 0 Å². The van der Waals surface area contributed by atoms with Crippen molar-refractivity contribution in [1.29, 1.82) is 0 Å². The average Bonchev–Trinajstić information content (AvgIpc) is 2.54. The molecule has 16 heavy (non-hydrogen) atoms. The molecule has 0 saturated carbocycles. The van der Waals surface area contributed by atoms with Crippen molar-refractivity contribution in [2.75, 3.05) is 38.1 Å². The summed E-state index contributed by atoms with van der Waals surface area (Å²) in [5.74, 6) is 3.31. The summed E-state index contributed by atoms with van der Waals surface area (Å²) in [6.07, 6.45) is 9.83. The lowest BCUT2D eigenvalue weighted by Crippen LogP contribution is -2.30. The zero-order chi connectivity index (χ0) is 11.4. The van der Waals surface area contributed by atoms with Gasteiger partial charge in [-0.3, -0.25) is 0 Å². The Morgan fingerprint density at radius 1 is 1.19 bits per heavy atom. The molecule has 2 heterocycles. The maximum Gasteiger partial charge on any atom is 0.225 e. The summed E-state index contributed by atoms with van der Waals surface area (Å²) in [4.78, 5) is 13.1. The molecule has 0 radical (unpaired) electrons. The minimum atomic E-state index is 0.732. The van der Waals surface area contributed by atoms with Crippen molar-refractivity contribution >= 4 is 5.95 Å². The topological polar surface area (TPSA) is 32.3 Å². The molecule has 1 aromatic heterocycles. The Balaban J connectivity index is 2.08. The van der Waals surface area contributed by atoms with E-state index in [1.807, 2.05) is 0 Å². The van der Waals surface area contributed by atoms with Crippen molar-refractivity contribution in [1.82, 2.24) is 14.9 Å². The molecule has 2 rings (SSSR count). The molecular weight excluding hydrogens is 200 g/mol. The molecule has 0 unspecified atom stereocenters. The lowest BCUT2D eigenvalue weighted by atomic mass is 10.3. The van der Waals surface area contributed by atoms with E-state index in [9.17, 15) is 0 Å². The summed E-state index contributed by atoms with van der Waals surface area (Å²) in [6, 6.07) is 0. The molecule has 0 bridgehead atoms. The van der Waals surface area contributed by atoms with E-state index < -0.39 is 0 Å². The second-order valence-electron chi connectivity index (χ2n) is 4.06. The molecule has 0 atom stereocenters. The van der Waals surface area contributed by atoms with Crippen LogP contribution in [0.25, 0.3) is 0 Å². The molecule has 0 aliphatic carbocycles. The van der Waals surface area contributed by atoms with Crippen LogP contribution in [0.15, 0.2) is 12.4 Å². The van der Waals surface area contributed by atoms with Crippen LogP contribution in [-0.4, -0.2) is 48.1 Å². The van der Waals surface area contributed by atoms with Crippen molar-refractivity contribution in [3.8, 4) is 12.3 Å². The predicted octanol–water partition coefficient (Wildman–Crippen LogP) is 0.600. The molecule has 0 N–H and O–H groups in total. The van der Waals surface area contributed by atoms with Crippen molar-refractivity contribution in [3.05, 3.63) is 18.0 Å². The smallest absolute Gasteiger partial charge is 0.225 e. The molecule has 1 fully saturated rings. The summed E-state index contributed by atoms with van der Waals surface area (Å²) in [5.41, 5.74) is 0.732. The van der Waals surface area contributed by atoms with E-state index in [4.69, 9.17) is 6.42 Å². The van der Waals surface area contributed by atoms with Crippen LogP contribution < -0.4 is 4.90 Å². The van der Waals surface area contributed by atoms with E-state index in [0.717, 1.165) is 44.1 Å². The second-order valence-corrected chi connectivity index (χ2v) is 4.06. The Labute approximate surface area is 96.3 Å². The van der Waals surface area contributed by atoms with Crippen LogP contribution in [0.3, 0.4) is 0 Å². The fourth-order valence-electron chi connectivity index (χ4n) is 1.81. The van der Waals surface area contributed by atoms with Gasteiger partial charge in [-0.05, 0) is 20.0 Å². The number of hydrogen-bond donors (Lipinski definition) is 0. The Kier molecular flexibility index (Phi) is 3.37. The minimum Gasteiger partial charge on any atom is -0.339 e. The van der Waals surface area contributed by atoms with Gasteiger partial charge in [0.15, 0.2) is 0 Å². The van der Waals surface area contributed by atoms with Crippen LogP contribution in [-0.2, 0) is 0 Å². The van der Waals surface area contributed by atoms with E-state index >= 15 is 0 Å². The number of hydrogen-bond acceptors (Lipinski definition) is 4. The van der Waals surface area contributed by atoms with Crippen LogP contribution >= 0.6 is 0 Å². The Morgan fingerprint density at radius 2 is 1.94 bits per heavy atom. The van der Waals surface area contributed by atoms with Crippen LogP contribution in [0, 0.1) is 12.3 Å². The lowest BCUT2D eigenvalue weighted by molar-refractivity contribution is 0.360. The molecule has 84 valence electrons. The third-order valence-electron chi connectivity index (χ3n) is 2.81. The highest BCUT2D eigenvalue weighted by Gasteiger charge is 2.14. The predicted molar refractivity (Wildman–Crippen MR) is 64.3 cm³/mol. The highest BCUT2D eigenvalue weighted by molar-refractivity contribution is 5.34. The fourth-order valence-corrected chi connectivity index (χ4v) is 1.81. The Hall–Kier alpha value is -1.60. The van der Waals surface area contributed by atoms with Crippen LogP contribution in [0.1, 0.15) is 12.0 Å². The van der Waals surface area contributed by atoms with Crippen molar-refractivity contribution in [2.45, 2.75) is 6.42 Å². The Bertz CT molecular complexity index is 379. The number of anilines is 1. The first kappa shape index (κ1) is 10.9. The second kappa shape index (κ2) is 4.95. The summed E-state index contributed by atoms with van der Waals surface area (Å²) in [6.45, 7) is 4.19. The third-order valence-corrected chi connectivity index (χ3v) is 2.81. The molecule has 1 aliphatic rings.